The minimum atomic E-state index is -4.37. The molecule has 2 heterocycles. The molecule has 1 aliphatic heterocycles. The molecule has 0 spiro atoms. The first-order valence-electron chi connectivity index (χ1n) is 6.73. The third-order valence-electron chi connectivity index (χ3n) is 3.76. The molecule has 1 aromatic heterocycles. The number of anilines is 1. The number of para-hydroxylation sites is 1. The fraction of sp³-hybridized carbons (Fsp3) is 0.500. The Morgan fingerprint density at radius 1 is 1.29 bits per heavy atom. The minimum absolute atomic E-state index is 0.0545. The summed E-state index contributed by atoms with van der Waals surface area (Å²) in [6.45, 7) is 1.53. The number of fused-ring (bicyclic) bond motifs is 1. The van der Waals surface area contributed by atoms with Crippen LogP contribution in [0.25, 0.3) is 10.2 Å². The van der Waals surface area contributed by atoms with Gasteiger partial charge >= 0.3 is 6.18 Å². The van der Waals surface area contributed by atoms with Gasteiger partial charge in [-0.1, -0.05) is 17.4 Å². The number of alkyl halides is 3. The fourth-order valence-corrected chi connectivity index (χ4v) is 3.63. The van der Waals surface area contributed by atoms with E-state index in [1.165, 1.54) is 17.4 Å². The second-order valence-corrected chi connectivity index (χ2v) is 6.08. The standard InChI is InChI=1S/C14H15F3N2OS/c1-20-9-5-7-19(8-6-9)13-18-12-10(14(15,16)17)3-2-4-11(12)21-13/h2-4,9H,5-8H2,1H3. The molecule has 7 heteroatoms. The van der Waals surface area contributed by atoms with E-state index in [0.29, 0.717) is 9.83 Å². The Balaban J connectivity index is 1.92. The van der Waals surface area contributed by atoms with Crippen LogP contribution in [0.2, 0.25) is 0 Å². The summed E-state index contributed by atoms with van der Waals surface area (Å²) in [4.78, 5) is 6.28. The molecule has 0 amide bonds. The average molecular weight is 316 g/mol. The molecule has 0 unspecified atom stereocenters. The molecule has 1 aromatic carbocycles. The lowest BCUT2D eigenvalue weighted by Gasteiger charge is -2.30. The molecular weight excluding hydrogens is 301 g/mol. The number of methoxy groups -OCH3 is 1. The van der Waals surface area contributed by atoms with Gasteiger partial charge in [0.05, 0.1) is 21.9 Å². The maximum absolute atomic E-state index is 13.0. The van der Waals surface area contributed by atoms with Gasteiger partial charge in [0.15, 0.2) is 5.13 Å². The number of hydrogen-bond donors (Lipinski definition) is 0. The Hall–Kier alpha value is -1.34. The molecule has 0 aliphatic carbocycles. The van der Waals surface area contributed by atoms with E-state index in [1.54, 1.807) is 13.2 Å². The van der Waals surface area contributed by atoms with Gasteiger partial charge in [0, 0.05) is 20.2 Å². The van der Waals surface area contributed by atoms with Crippen LogP contribution in [0.5, 0.6) is 0 Å². The minimum Gasteiger partial charge on any atom is -0.381 e. The molecule has 21 heavy (non-hydrogen) atoms. The van der Waals surface area contributed by atoms with Crippen LogP contribution in [-0.2, 0) is 10.9 Å². The first-order valence-corrected chi connectivity index (χ1v) is 7.55. The number of benzene rings is 1. The predicted molar refractivity (Wildman–Crippen MR) is 76.9 cm³/mol. The Bertz CT molecular complexity index is 633. The summed E-state index contributed by atoms with van der Waals surface area (Å²) in [5.41, 5.74) is -0.604. The third-order valence-corrected chi connectivity index (χ3v) is 4.84. The summed E-state index contributed by atoms with van der Waals surface area (Å²) in [7, 11) is 1.69. The average Bonchev–Trinajstić information content (AvgIpc) is 2.90. The van der Waals surface area contributed by atoms with Crippen LogP contribution in [0.1, 0.15) is 18.4 Å². The number of ether oxygens (including phenoxy) is 1. The molecule has 0 atom stereocenters. The van der Waals surface area contributed by atoms with E-state index in [9.17, 15) is 13.2 Å². The molecule has 2 aromatic rings. The summed E-state index contributed by atoms with van der Waals surface area (Å²) >= 11 is 1.32. The third kappa shape index (κ3) is 2.85. The van der Waals surface area contributed by atoms with Crippen molar-refractivity contribution in [2.75, 3.05) is 25.1 Å². The van der Waals surface area contributed by atoms with Crippen molar-refractivity contribution in [3.05, 3.63) is 23.8 Å². The normalized spacial score (nSPS) is 17.6. The zero-order chi connectivity index (χ0) is 15.0. The maximum atomic E-state index is 13.0. The highest BCUT2D eigenvalue weighted by Gasteiger charge is 2.34. The molecular formula is C14H15F3N2OS. The number of hydrogen-bond acceptors (Lipinski definition) is 4. The van der Waals surface area contributed by atoms with E-state index in [0.717, 1.165) is 32.0 Å². The lowest BCUT2D eigenvalue weighted by molar-refractivity contribution is -0.136. The van der Waals surface area contributed by atoms with Crippen molar-refractivity contribution in [3.63, 3.8) is 0 Å². The van der Waals surface area contributed by atoms with E-state index in [4.69, 9.17) is 4.74 Å². The summed E-state index contributed by atoms with van der Waals surface area (Å²) in [6.07, 6.45) is -2.38. The van der Waals surface area contributed by atoms with E-state index < -0.39 is 11.7 Å². The number of aromatic nitrogens is 1. The number of nitrogens with zero attached hydrogens (tertiary/aromatic N) is 2. The second kappa shape index (κ2) is 5.46. The van der Waals surface area contributed by atoms with Crippen LogP contribution in [0, 0.1) is 0 Å². The fourth-order valence-electron chi connectivity index (χ4n) is 2.58. The zero-order valence-corrected chi connectivity index (χ0v) is 12.3. The van der Waals surface area contributed by atoms with Crippen LogP contribution in [0.15, 0.2) is 18.2 Å². The Kier molecular flexibility index (Phi) is 3.79. The van der Waals surface area contributed by atoms with Gasteiger partial charge in [-0.15, -0.1) is 0 Å². The van der Waals surface area contributed by atoms with Gasteiger partial charge in [0.1, 0.15) is 0 Å². The molecule has 0 radical (unpaired) electrons. The van der Waals surface area contributed by atoms with Crippen molar-refractivity contribution in [1.29, 1.82) is 0 Å². The SMILES string of the molecule is COC1CCN(c2nc3c(C(F)(F)F)cccc3s2)CC1. The molecule has 0 N–H and O–H groups in total. The molecule has 1 fully saturated rings. The molecule has 3 nitrogen and oxygen atoms in total. The molecule has 0 saturated carbocycles. The van der Waals surface area contributed by atoms with Crippen LogP contribution in [0.3, 0.4) is 0 Å². The van der Waals surface area contributed by atoms with Crippen LogP contribution in [0.4, 0.5) is 18.3 Å². The van der Waals surface area contributed by atoms with Crippen LogP contribution < -0.4 is 4.90 Å². The van der Waals surface area contributed by atoms with Gasteiger partial charge in [-0.2, -0.15) is 13.2 Å². The van der Waals surface area contributed by atoms with Gasteiger partial charge in [-0.05, 0) is 25.0 Å². The maximum Gasteiger partial charge on any atom is 0.418 e. The van der Waals surface area contributed by atoms with Crippen LogP contribution in [-0.4, -0.2) is 31.3 Å². The highest BCUT2D eigenvalue weighted by atomic mass is 32.1. The lowest BCUT2D eigenvalue weighted by atomic mass is 10.1. The van der Waals surface area contributed by atoms with Crippen molar-refractivity contribution in [2.24, 2.45) is 0 Å². The Morgan fingerprint density at radius 2 is 2.00 bits per heavy atom. The highest BCUT2D eigenvalue weighted by molar-refractivity contribution is 7.22. The molecule has 114 valence electrons. The van der Waals surface area contributed by atoms with E-state index >= 15 is 0 Å². The summed E-state index contributed by atoms with van der Waals surface area (Å²) in [6, 6.07) is 4.21. The molecule has 0 bridgehead atoms. The van der Waals surface area contributed by atoms with Crippen LogP contribution >= 0.6 is 11.3 Å². The van der Waals surface area contributed by atoms with Gasteiger partial charge in [0.25, 0.3) is 0 Å². The number of piperidine rings is 1. The van der Waals surface area contributed by atoms with Gasteiger partial charge in [0.2, 0.25) is 0 Å². The zero-order valence-electron chi connectivity index (χ0n) is 11.5. The van der Waals surface area contributed by atoms with Crippen molar-refractivity contribution in [2.45, 2.75) is 25.1 Å². The first kappa shape index (κ1) is 14.6. The molecule has 1 saturated heterocycles. The van der Waals surface area contributed by atoms with E-state index in [1.807, 2.05) is 4.90 Å². The number of halogens is 3. The van der Waals surface area contributed by atoms with Crippen molar-refractivity contribution in [1.82, 2.24) is 4.98 Å². The summed E-state index contributed by atoms with van der Waals surface area (Å²) in [5, 5.41) is 0.663. The van der Waals surface area contributed by atoms with Gasteiger partial charge < -0.3 is 9.64 Å². The monoisotopic (exact) mass is 316 g/mol. The molecule has 1 aliphatic rings. The van der Waals surface area contributed by atoms with Gasteiger partial charge in [-0.3, -0.25) is 0 Å². The lowest BCUT2D eigenvalue weighted by Crippen LogP contribution is -2.36. The van der Waals surface area contributed by atoms with Crippen molar-refractivity contribution >= 4 is 26.7 Å². The quantitative estimate of drug-likeness (QED) is 0.839. The second-order valence-electron chi connectivity index (χ2n) is 5.07. The van der Waals surface area contributed by atoms with Gasteiger partial charge in [-0.25, -0.2) is 4.98 Å². The number of thiazole rings is 1. The first-order chi connectivity index (χ1) is 9.99. The van der Waals surface area contributed by atoms with E-state index in [2.05, 4.69) is 4.98 Å². The summed E-state index contributed by atoms with van der Waals surface area (Å²) in [5.74, 6) is 0. The Labute approximate surface area is 124 Å². The smallest absolute Gasteiger partial charge is 0.381 e. The topological polar surface area (TPSA) is 25.4 Å². The van der Waals surface area contributed by atoms with Crippen molar-refractivity contribution < 1.29 is 17.9 Å². The number of rotatable bonds is 2. The van der Waals surface area contributed by atoms with Crippen molar-refractivity contribution in [3.8, 4) is 0 Å². The van der Waals surface area contributed by atoms with E-state index in [-0.39, 0.29) is 11.6 Å². The highest BCUT2D eigenvalue weighted by Crippen LogP contribution is 2.38. The largest absolute Gasteiger partial charge is 0.418 e. The Morgan fingerprint density at radius 3 is 2.62 bits per heavy atom. The predicted octanol–water partition coefficient (Wildman–Crippen LogP) is 3.93. The molecule has 3 rings (SSSR count). The summed E-state index contributed by atoms with van der Waals surface area (Å²) < 4.78 is 44.9.